The Hall–Kier alpha value is -1.76. The molecule has 132 valence electrons. The van der Waals surface area contributed by atoms with Gasteiger partial charge in [-0.1, -0.05) is 30.1 Å². The zero-order chi connectivity index (χ0) is 18.4. The Labute approximate surface area is 163 Å². The van der Waals surface area contributed by atoms with Crippen molar-refractivity contribution < 1.29 is 14.3 Å². The predicted molar refractivity (Wildman–Crippen MR) is 101 cm³/mol. The maximum atomic E-state index is 12.2. The van der Waals surface area contributed by atoms with Gasteiger partial charge in [0, 0.05) is 10.6 Å². The molecule has 2 amide bonds. The minimum atomic E-state index is -0.544. The van der Waals surface area contributed by atoms with Crippen LogP contribution in [0, 0.1) is 0 Å². The molecule has 0 aliphatic heterocycles. The fraction of sp³-hybridized carbons (Fsp3) is 0.176. The summed E-state index contributed by atoms with van der Waals surface area (Å²) in [6.45, 7) is 2.59. The van der Waals surface area contributed by atoms with Crippen molar-refractivity contribution in [2.75, 3.05) is 6.61 Å². The van der Waals surface area contributed by atoms with Crippen LogP contribution in [-0.4, -0.2) is 18.4 Å². The van der Waals surface area contributed by atoms with E-state index in [4.69, 9.17) is 27.9 Å². The van der Waals surface area contributed by atoms with E-state index in [0.29, 0.717) is 27.4 Å². The standard InChI is InChI=1S/C17H15BrCl2N2O3/c1-2-7-25-15-6-3-10(8-13(15)18)16(23)21-22-17(24)12-5-4-11(19)9-14(12)20/h3-6,8-9H,2,7H2,1H3,(H,21,23)(H,22,24). The lowest BCUT2D eigenvalue weighted by Crippen LogP contribution is -2.41. The molecule has 25 heavy (non-hydrogen) atoms. The quantitative estimate of drug-likeness (QED) is 0.659. The van der Waals surface area contributed by atoms with Crippen LogP contribution in [0.1, 0.15) is 34.1 Å². The lowest BCUT2D eigenvalue weighted by Gasteiger charge is -2.11. The molecule has 0 heterocycles. The summed E-state index contributed by atoms with van der Waals surface area (Å²) in [4.78, 5) is 24.2. The fourth-order valence-corrected chi connectivity index (χ4v) is 2.89. The molecule has 2 N–H and O–H groups in total. The number of hydrazine groups is 1. The van der Waals surface area contributed by atoms with Gasteiger partial charge in [0.1, 0.15) is 5.75 Å². The predicted octanol–water partition coefficient (Wildman–Crippen LogP) is 4.62. The van der Waals surface area contributed by atoms with Gasteiger partial charge in [-0.3, -0.25) is 20.4 Å². The summed E-state index contributed by atoms with van der Waals surface area (Å²) >= 11 is 15.1. The number of ether oxygens (including phenoxy) is 1. The number of halogens is 3. The third-order valence-corrected chi connectivity index (χ3v) is 4.29. The largest absolute Gasteiger partial charge is 0.492 e. The van der Waals surface area contributed by atoms with E-state index < -0.39 is 11.8 Å². The maximum Gasteiger partial charge on any atom is 0.271 e. The maximum absolute atomic E-state index is 12.2. The zero-order valence-electron chi connectivity index (χ0n) is 13.2. The molecule has 2 aromatic carbocycles. The summed E-state index contributed by atoms with van der Waals surface area (Å²) in [5.41, 5.74) is 5.21. The molecule has 0 aliphatic rings. The number of rotatable bonds is 5. The van der Waals surface area contributed by atoms with Gasteiger partial charge < -0.3 is 4.74 Å². The molecular formula is C17H15BrCl2N2O3. The van der Waals surface area contributed by atoms with Gasteiger partial charge in [-0.2, -0.15) is 0 Å². The van der Waals surface area contributed by atoms with Gasteiger partial charge in [-0.25, -0.2) is 0 Å². The van der Waals surface area contributed by atoms with E-state index in [2.05, 4.69) is 26.8 Å². The molecule has 0 saturated heterocycles. The van der Waals surface area contributed by atoms with Crippen molar-refractivity contribution in [3.63, 3.8) is 0 Å². The topological polar surface area (TPSA) is 67.4 Å². The van der Waals surface area contributed by atoms with Crippen molar-refractivity contribution in [2.24, 2.45) is 0 Å². The van der Waals surface area contributed by atoms with Gasteiger partial charge in [-0.15, -0.1) is 0 Å². The average molecular weight is 446 g/mol. The first-order valence-electron chi connectivity index (χ1n) is 7.40. The molecule has 0 atom stereocenters. The summed E-state index contributed by atoms with van der Waals surface area (Å²) in [6, 6.07) is 9.37. The Balaban J connectivity index is 2.00. The number of hydrogen-bond acceptors (Lipinski definition) is 3. The molecule has 0 spiro atoms. The van der Waals surface area contributed by atoms with Gasteiger partial charge >= 0.3 is 0 Å². The highest BCUT2D eigenvalue weighted by Gasteiger charge is 2.13. The first-order valence-corrected chi connectivity index (χ1v) is 8.95. The van der Waals surface area contributed by atoms with E-state index in [-0.39, 0.29) is 10.6 Å². The van der Waals surface area contributed by atoms with Crippen molar-refractivity contribution in [3.05, 3.63) is 62.0 Å². The molecule has 8 heteroatoms. The molecule has 0 aromatic heterocycles. The second-order valence-corrected chi connectivity index (χ2v) is 6.72. The third-order valence-electron chi connectivity index (χ3n) is 3.12. The van der Waals surface area contributed by atoms with E-state index in [1.165, 1.54) is 18.2 Å². The van der Waals surface area contributed by atoms with Gasteiger partial charge in [0.25, 0.3) is 11.8 Å². The minimum absolute atomic E-state index is 0.194. The van der Waals surface area contributed by atoms with Gasteiger partial charge in [-0.05, 0) is 58.7 Å². The Morgan fingerprint density at radius 3 is 2.44 bits per heavy atom. The normalized spacial score (nSPS) is 10.2. The van der Waals surface area contributed by atoms with Crippen molar-refractivity contribution in [1.82, 2.24) is 10.9 Å². The minimum Gasteiger partial charge on any atom is -0.492 e. The van der Waals surface area contributed by atoms with Gasteiger partial charge in [0.2, 0.25) is 0 Å². The van der Waals surface area contributed by atoms with Crippen LogP contribution < -0.4 is 15.6 Å². The highest BCUT2D eigenvalue weighted by molar-refractivity contribution is 9.10. The molecule has 0 radical (unpaired) electrons. The van der Waals surface area contributed by atoms with E-state index in [0.717, 1.165) is 6.42 Å². The Morgan fingerprint density at radius 2 is 1.80 bits per heavy atom. The smallest absolute Gasteiger partial charge is 0.271 e. The molecule has 2 aromatic rings. The molecule has 0 aliphatic carbocycles. The van der Waals surface area contributed by atoms with Crippen LogP contribution >= 0.6 is 39.1 Å². The van der Waals surface area contributed by atoms with E-state index in [1.807, 2.05) is 6.92 Å². The molecule has 2 rings (SSSR count). The third kappa shape index (κ3) is 5.36. The van der Waals surface area contributed by atoms with E-state index in [1.54, 1.807) is 18.2 Å². The number of benzene rings is 2. The lowest BCUT2D eigenvalue weighted by atomic mass is 10.2. The van der Waals surface area contributed by atoms with Crippen molar-refractivity contribution in [2.45, 2.75) is 13.3 Å². The van der Waals surface area contributed by atoms with Crippen LogP contribution in [0.15, 0.2) is 40.9 Å². The SMILES string of the molecule is CCCOc1ccc(C(=O)NNC(=O)c2ccc(Cl)cc2Cl)cc1Br. The van der Waals surface area contributed by atoms with Gasteiger partial charge in [0.05, 0.1) is 21.7 Å². The highest BCUT2D eigenvalue weighted by atomic mass is 79.9. The Kier molecular flexibility index (Phi) is 7.11. The Morgan fingerprint density at radius 1 is 1.08 bits per heavy atom. The molecule has 5 nitrogen and oxygen atoms in total. The van der Waals surface area contributed by atoms with E-state index in [9.17, 15) is 9.59 Å². The van der Waals surface area contributed by atoms with Gasteiger partial charge in [0.15, 0.2) is 0 Å². The van der Waals surface area contributed by atoms with Crippen LogP contribution in [0.4, 0.5) is 0 Å². The van der Waals surface area contributed by atoms with Crippen LogP contribution in [-0.2, 0) is 0 Å². The summed E-state index contributed by atoms with van der Waals surface area (Å²) in [5, 5.41) is 0.611. The first kappa shape index (κ1) is 19.6. The molecule has 0 fully saturated rings. The summed E-state index contributed by atoms with van der Waals surface area (Å²) in [5.74, 6) is -0.367. The van der Waals surface area contributed by atoms with Crippen LogP contribution in [0.25, 0.3) is 0 Å². The highest BCUT2D eigenvalue weighted by Crippen LogP contribution is 2.26. The Bertz CT molecular complexity index is 799. The van der Waals surface area contributed by atoms with Crippen molar-refractivity contribution in [3.8, 4) is 5.75 Å². The second-order valence-electron chi connectivity index (χ2n) is 5.03. The number of nitrogens with one attached hydrogen (secondary N) is 2. The van der Waals surface area contributed by atoms with E-state index >= 15 is 0 Å². The number of carbonyl (C=O) groups is 2. The fourth-order valence-electron chi connectivity index (χ4n) is 1.90. The van der Waals surface area contributed by atoms with Crippen LogP contribution in [0.2, 0.25) is 10.0 Å². The summed E-state index contributed by atoms with van der Waals surface area (Å²) < 4.78 is 6.18. The first-order chi connectivity index (χ1) is 11.9. The number of amides is 2. The molecular weight excluding hydrogens is 431 g/mol. The summed E-state index contributed by atoms with van der Waals surface area (Å²) in [6.07, 6.45) is 0.883. The van der Waals surface area contributed by atoms with Crippen molar-refractivity contribution in [1.29, 1.82) is 0 Å². The van der Waals surface area contributed by atoms with Crippen molar-refractivity contribution >= 4 is 50.9 Å². The molecule has 0 saturated carbocycles. The number of hydrogen-bond donors (Lipinski definition) is 2. The zero-order valence-corrected chi connectivity index (χ0v) is 16.3. The molecule has 0 unspecified atom stereocenters. The monoisotopic (exact) mass is 444 g/mol. The summed E-state index contributed by atoms with van der Waals surface area (Å²) in [7, 11) is 0. The van der Waals surface area contributed by atoms with Crippen LogP contribution in [0.5, 0.6) is 5.75 Å². The lowest BCUT2D eigenvalue weighted by molar-refractivity contribution is 0.0846. The average Bonchev–Trinajstić information content (AvgIpc) is 2.58. The molecule has 0 bridgehead atoms. The number of carbonyl (C=O) groups excluding carboxylic acids is 2. The van der Waals surface area contributed by atoms with Crippen LogP contribution in [0.3, 0.4) is 0 Å². The second kappa shape index (κ2) is 9.08.